The summed E-state index contributed by atoms with van der Waals surface area (Å²) < 4.78 is 22.5. The first-order valence-electron chi connectivity index (χ1n) is 6.88. The van der Waals surface area contributed by atoms with E-state index in [1.807, 2.05) is 12.1 Å². The molecule has 0 radical (unpaired) electrons. The van der Waals surface area contributed by atoms with E-state index in [-0.39, 0.29) is 6.54 Å². The summed E-state index contributed by atoms with van der Waals surface area (Å²) in [6.45, 7) is 0.465. The topological polar surface area (TPSA) is 151 Å². The third-order valence-corrected chi connectivity index (χ3v) is 7.37. The Balaban J connectivity index is 2.52. The van der Waals surface area contributed by atoms with Crippen LogP contribution in [-0.4, -0.2) is 59.8 Å². The van der Waals surface area contributed by atoms with Crippen LogP contribution < -0.4 is 0 Å². The Hall–Kier alpha value is -0.630. The van der Waals surface area contributed by atoms with Gasteiger partial charge >= 0.3 is 15.2 Å². The van der Waals surface area contributed by atoms with Crippen LogP contribution in [0, 0.1) is 0 Å². The van der Waals surface area contributed by atoms with Gasteiger partial charge in [-0.3, -0.25) is 14.1 Å². The van der Waals surface area contributed by atoms with Gasteiger partial charge in [-0.25, -0.2) is 0 Å². The summed E-state index contributed by atoms with van der Waals surface area (Å²) in [5, 5.41) is 6.43. The van der Waals surface area contributed by atoms with E-state index in [0.717, 1.165) is 18.4 Å². The molecule has 132 valence electrons. The minimum atomic E-state index is -5.38. The Morgan fingerprint density at radius 1 is 1.17 bits per heavy atom. The van der Waals surface area contributed by atoms with E-state index in [1.54, 1.807) is 24.3 Å². The van der Waals surface area contributed by atoms with Crippen molar-refractivity contribution < 1.29 is 33.8 Å². The van der Waals surface area contributed by atoms with Gasteiger partial charge in [0.1, 0.15) is 0 Å². The summed E-state index contributed by atoms with van der Waals surface area (Å²) in [7, 11) is -9.12. The first-order valence-corrected chi connectivity index (χ1v) is 10.1. The van der Waals surface area contributed by atoms with Crippen LogP contribution in [0.25, 0.3) is 0 Å². The number of hydrogen-bond acceptors (Lipinski definition) is 5. The normalized spacial score (nSPS) is 13.5. The Bertz CT molecular complexity index is 564. The third-order valence-electron chi connectivity index (χ3n) is 3.49. The van der Waals surface area contributed by atoms with Gasteiger partial charge in [-0.1, -0.05) is 6.07 Å². The lowest BCUT2D eigenvalue weighted by Crippen LogP contribution is -2.34. The fraction of sp³-hybridized carbons (Fsp3) is 0.583. The molecule has 0 atom stereocenters. The van der Waals surface area contributed by atoms with Gasteiger partial charge in [0.05, 0.1) is 0 Å². The molecule has 0 aromatic carbocycles. The summed E-state index contributed by atoms with van der Waals surface area (Å²) in [4.78, 5) is 41.8. The van der Waals surface area contributed by atoms with Crippen molar-refractivity contribution in [3.63, 3.8) is 0 Å². The fourth-order valence-electron chi connectivity index (χ4n) is 2.01. The molecule has 0 aliphatic rings. The summed E-state index contributed by atoms with van der Waals surface area (Å²) in [6.07, 6.45) is 4.15. The minimum absolute atomic E-state index is 0.0697. The molecule has 0 unspecified atom stereocenters. The highest BCUT2D eigenvalue weighted by atomic mass is 31.2. The van der Waals surface area contributed by atoms with Crippen molar-refractivity contribution in [3.8, 4) is 0 Å². The average molecular weight is 368 g/mol. The molecular weight excluding hydrogens is 346 g/mol. The van der Waals surface area contributed by atoms with Crippen LogP contribution in [0.2, 0.25) is 0 Å². The van der Waals surface area contributed by atoms with Crippen LogP contribution >= 0.6 is 15.2 Å². The van der Waals surface area contributed by atoms with Crippen molar-refractivity contribution in [2.75, 3.05) is 20.1 Å². The van der Waals surface area contributed by atoms with Crippen molar-refractivity contribution in [1.82, 2.24) is 9.88 Å². The van der Waals surface area contributed by atoms with Crippen LogP contribution in [-0.2, 0) is 15.6 Å². The van der Waals surface area contributed by atoms with Crippen LogP contribution in [0.1, 0.15) is 18.4 Å². The number of rotatable bonds is 9. The number of aliphatic hydroxyl groups is 1. The summed E-state index contributed by atoms with van der Waals surface area (Å²) >= 11 is 0. The van der Waals surface area contributed by atoms with Crippen LogP contribution in [0.5, 0.6) is 0 Å². The zero-order valence-electron chi connectivity index (χ0n) is 12.7. The van der Waals surface area contributed by atoms with E-state index < -0.39 is 26.7 Å². The molecule has 0 spiro atoms. The molecule has 11 heteroatoms. The molecule has 0 aliphatic carbocycles. The molecule has 1 aromatic heterocycles. The van der Waals surface area contributed by atoms with Crippen molar-refractivity contribution in [1.29, 1.82) is 0 Å². The predicted molar refractivity (Wildman–Crippen MR) is 83.7 cm³/mol. The van der Waals surface area contributed by atoms with E-state index in [4.69, 9.17) is 19.6 Å². The summed E-state index contributed by atoms with van der Waals surface area (Å²) in [5.41, 5.74) is 1.04. The molecule has 0 amide bonds. The monoisotopic (exact) mass is 368 g/mol. The predicted octanol–water partition coefficient (Wildman–Crippen LogP) is 0.338. The Labute approximate surface area is 134 Å². The second kappa shape index (κ2) is 7.96. The van der Waals surface area contributed by atoms with Crippen molar-refractivity contribution in [2.24, 2.45) is 0 Å². The number of aryl methyl sites for hydroxylation is 1. The highest BCUT2D eigenvalue weighted by Crippen LogP contribution is 2.68. The molecule has 0 saturated carbocycles. The lowest BCUT2D eigenvalue weighted by molar-refractivity contribution is 0.112. The van der Waals surface area contributed by atoms with Crippen molar-refractivity contribution in [3.05, 3.63) is 30.1 Å². The fourth-order valence-corrected chi connectivity index (χ4v) is 4.15. The van der Waals surface area contributed by atoms with Gasteiger partial charge in [-0.15, -0.1) is 0 Å². The largest absolute Gasteiger partial charge is 0.369 e. The molecule has 1 heterocycles. The first-order chi connectivity index (χ1) is 10.5. The maximum atomic E-state index is 11.2. The number of hydrogen-bond donors (Lipinski definition) is 5. The molecular formula is C12H22N2O7P2. The van der Waals surface area contributed by atoms with Crippen molar-refractivity contribution in [2.45, 2.75) is 24.3 Å². The van der Waals surface area contributed by atoms with Gasteiger partial charge < -0.3 is 29.6 Å². The molecule has 1 rings (SSSR count). The molecule has 1 aromatic rings. The lowest BCUT2D eigenvalue weighted by Gasteiger charge is -2.30. The molecule has 0 saturated heterocycles. The maximum Gasteiger partial charge on any atom is 0.369 e. The summed E-state index contributed by atoms with van der Waals surface area (Å²) in [6, 6.07) is 3.74. The standard InChI is InChI=1S/C12H22N2O7P2/c1-14(8-3-5-11-4-2-7-13-10-11)9-6-12(15,22(16,17)18)23(19,20)21/h2,4,7,10,15H,3,5-6,8-9H2,1H3,(H2,16,17,18)(H2,19,20,21). The highest BCUT2D eigenvalue weighted by molar-refractivity contribution is 7.72. The van der Waals surface area contributed by atoms with Gasteiger partial charge in [0.15, 0.2) is 0 Å². The lowest BCUT2D eigenvalue weighted by atomic mass is 10.1. The minimum Gasteiger partial charge on any atom is -0.367 e. The van der Waals surface area contributed by atoms with Gasteiger partial charge in [-0.2, -0.15) is 0 Å². The molecule has 5 N–H and O–H groups in total. The van der Waals surface area contributed by atoms with E-state index in [2.05, 4.69) is 4.98 Å². The number of aromatic nitrogens is 1. The third kappa shape index (κ3) is 5.74. The van der Waals surface area contributed by atoms with E-state index in [0.29, 0.717) is 6.54 Å². The smallest absolute Gasteiger partial charge is 0.367 e. The van der Waals surface area contributed by atoms with Gasteiger partial charge in [0.25, 0.3) is 5.08 Å². The van der Waals surface area contributed by atoms with Crippen LogP contribution in [0.4, 0.5) is 0 Å². The Kier molecular flexibility index (Phi) is 7.07. The highest BCUT2D eigenvalue weighted by Gasteiger charge is 2.58. The molecule has 0 fully saturated rings. The first kappa shape index (κ1) is 20.4. The van der Waals surface area contributed by atoms with E-state index in [1.165, 1.54) is 0 Å². The van der Waals surface area contributed by atoms with Crippen molar-refractivity contribution >= 4 is 15.2 Å². The number of nitrogens with zero attached hydrogens (tertiary/aromatic N) is 2. The number of pyridine rings is 1. The van der Waals surface area contributed by atoms with E-state index in [9.17, 15) is 14.2 Å². The Morgan fingerprint density at radius 2 is 1.78 bits per heavy atom. The maximum absolute atomic E-state index is 11.2. The molecule has 23 heavy (non-hydrogen) atoms. The zero-order chi connectivity index (χ0) is 17.7. The summed E-state index contributed by atoms with van der Waals surface area (Å²) in [5.74, 6) is 0. The molecule has 0 bridgehead atoms. The quantitative estimate of drug-likeness (QED) is 0.388. The molecule has 9 nitrogen and oxygen atoms in total. The zero-order valence-corrected chi connectivity index (χ0v) is 14.5. The van der Waals surface area contributed by atoms with Crippen LogP contribution in [0.15, 0.2) is 24.5 Å². The second-order valence-electron chi connectivity index (χ2n) is 5.38. The second-order valence-corrected chi connectivity index (χ2v) is 9.39. The van der Waals surface area contributed by atoms with Gasteiger partial charge in [0, 0.05) is 25.4 Å². The van der Waals surface area contributed by atoms with Crippen LogP contribution in [0.3, 0.4) is 0 Å². The average Bonchev–Trinajstić information content (AvgIpc) is 2.43. The van der Waals surface area contributed by atoms with Gasteiger partial charge in [-0.05, 0) is 38.1 Å². The molecule has 0 aliphatic heterocycles. The van der Waals surface area contributed by atoms with E-state index >= 15 is 0 Å². The SMILES string of the molecule is CN(CCCc1cccnc1)CCC(O)(P(=O)(O)O)P(=O)(O)O. The van der Waals surface area contributed by atoms with Gasteiger partial charge in [0.2, 0.25) is 0 Å². The Morgan fingerprint density at radius 3 is 2.26 bits per heavy atom.